The van der Waals surface area contributed by atoms with Gasteiger partial charge in [0, 0.05) is 5.47 Å². The number of hydrogen-bond acceptors (Lipinski definition) is 1. The van der Waals surface area contributed by atoms with Gasteiger partial charge in [0.15, 0.2) is 0 Å². The molecule has 80 valence electrons. The Labute approximate surface area is 93.2 Å². The smallest absolute Gasteiger partial charge is 0.420 e. The monoisotopic (exact) mass is 217 g/mol. The van der Waals surface area contributed by atoms with Crippen LogP contribution < -0.4 is 5.46 Å². The molecular formula is C11H9BFNO2. The van der Waals surface area contributed by atoms with Gasteiger partial charge < -0.3 is 14.3 Å². The average molecular weight is 217 g/mol. The summed E-state index contributed by atoms with van der Waals surface area (Å²) < 4.78 is 13.8. The first-order valence-corrected chi connectivity index (χ1v) is 4.62. The van der Waals surface area contributed by atoms with Crippen LogP contribution in [-0.2, 0) is 4.79 Å². The molecule has 0 radical (unpaired) electrons. The molecule has 0 spiro atoms. The molecule has 1 N–H and O–H groups in total. The van der Waals surface area contributed by atoms with Crippen molar-refractivity contribution in [3.8, 4) is 0 Å². The summed E-state index contributed by atoms with van der Waals surface area (Å²) in [5, 5.41) is 8.82. The Hall–Kier alpha value is -2.09. The first-order valence-electron chi connectivity index (χ1n) is 4.62. The van der Waals surface area contributed by atoms with Crippen molar-refractivity contribution in [3.05, 3.63) is 53.3 Å². The summed E-state index contributed by atoms with van der Waals surface area (Å²) in [6.07, 6.45) is 1.10. The Balaban J connectivity index is 2.97. The van der Waals surface area contributed by atoms with E-state index in [4.69, 9.17) is 11.7 Å². The van der Waals surface area contributed by atoms with Crippen LogP contribution in [0.15, 0.2) is 41.9 Å². The topological polar surface area (TPSA) is 41.7 Å². The van der Waals surface area contributed by atoms with Crippen LogP contribution in [0.1, 0.15) is 0 Å². The maximum Gasteiger partial charge on any atom is 0.420 e. The van der Waals surface area contributed by atoms with Crippen molar-refractivity contribution < 1.29 is 14.2 Å². The van der Waals surface area contributed by atoms with Gasteiger partial charge in [0.2, 0.25) is 6.54 Å². The molecule has 5 heteroatoms. The number of aliphatic carboxylic acids is 1. The molecule has 1 rings (SSSR count). The van der Waals surface area contributed by atoms with Crippen LogP contribution in [0.3, 0.4) is 0 Å². The van der Waals surface area contributed by atoms with Crippen LogP contribution in [0.25, 0.3) is 4.85 Å². The zero-order chi connectivity index (χ0) is 12.0. The molecule has 0 aromatic heterocycles. The Morgan fingerprint density at radius 2 is 2.12 bits per heavy atom. The molecule has 0 fully saturated rings. The van der Waals surface area contributed by atoms with Crippen LogP contribution in [0.2, 0.25) is 0 Å². The van der Waals surface area contributed by atoms with Gasteiger partial charge in [-0.15, -0.1) is 0 Å². The Morgan fingerprint density at radius 3 is 2.62 bits per heavy atom. The highest BCUT2D eigenvalue weighted by atomic mass is 19.1. The summed E-state index contributed by atoms with van der Waals surface area (Å²) in [7, 11) is 0. The van der Waals surface area contributed by atoms with E-state index in [0.717, 1.165) is 6.08 Å². The highest BCUT2D eigenvalue weighted by molar-refractivity contribution is 6.78. The van der Waals surface area contributed by atoms with Gasteiger partial charge in [-0.1, -0.05) is 30.3 Å². The zero-order valence-electron chi connectivity index (χ0n) is 8.43. The number of halogens is 1. The number of nitrogens with zero attached hydrogens (tertiary/aromatic N) is 1. The van der Waals surface area contributed by atoms with Crippen molar-refractivity contribution in [1.29, 1.82) is 0 Å². The second-order valence-electron chi connectivity index (χ2n) is 3.08. The average Bonchev–Trinajstić information content (AvgIpc) is 2.30. The lowest BCUT2D eigenvalue weighted by atomic mass is 9.57. The molecule has 0 aliphatic rings. The van der Waals surface area contributed by atoms with Crippen molar-refractivity contribution in [2.45, 2.75) is 0 Å². The summed E-state index contributed by atoms with van der Waals surface area (Å²) in [6, 6.07) is 8.02. The molecule has 0 aliphatic carbocycles. The van der Waals surface area contributed by atoms with Gasteiger partial charge in [0.25, 0.3) is 0 Å². The minimum Gasteiger partial charge on any atom is -0.478 e. The van der Waals surface area contributed by atoms with Crippen molar-refractivity contribution in [2.24, 2.45) is 0 Å². The first kappa shape index (κ1) is 12.0. The number of benzene rings is 1. The van der Waals surface area contributed by atoms with Gasteiger partial charge in [0.05, 0.1) is 0 Å². The molecule has 0 saturated carbocycles. The molecular weight excluding hydrogens is 208 g/mol. The van der Waals surface area contributed by atoms with E-state index in [1.54, 1.807) is 18.2 Å². The van der Waals surface area contributed by atoms with Crippen molar-refractivity contribution >= 4 is 18.4 Å². The highest BCUT2D eigenvalue weighted by Gasteiger charge is 2.27. The van der Waals surface area contributed by atoms with E-state index in [2.05, 4.69) is 4.85 Å². The molecule has 0 amide bonds. The number of carbonyl (C=O) groups is 1. The summed E-state index contributed by atoms with van der Waals surface area (Å²) in [5.74, 6) is -1.33. The SMILES string of the molecule is [C-]#[N+]CC=C(B(F)c1ccccc1)C(=O)O. The van der Waals surface area contributed by atoms with E-state index in [-0.39, 0.29) is 17.5 Å². The summed E-state index contributed by atoms with van der Waals surface area (Å²) in [6.45, 7) is 4.72. The lowest BCUT2D eigenvalue weighted by Gasteiger charge is -2.04. The number of carboxylic acids is 1. The third-order valence-corrected chi connectivity index (χ3v) is 2.01. The van der Waals surface area contributed by atoms with E-state index in [1.165, 1.54) is 12.1 Å². The van der Waals surface area contributed by atoms with Gasteiger partial charge in [0.1, 0.15) is 0 Å². The predicted molar refractivity (Wildman–Crippen MR) is 60.1 cm³/mol. The number of hydrogen-bond donors (Lipinski definition) is 1. The van der Waals surface area contributed by atoms with Crippen LogP contribution >= 0.6 is 0 Å². The maximum absolute atomic E-state index is 13.8. The third kappa shape index (κ3) is 2.96. The Kier molecular flexibility index (Phi) is 4.28. The van der Waals surface area contributed by atoms with E-state index in [9.17, 15) is 9.11 Å². The fourth-order valence-electron chi connectivity index (χ4n) is 1.24. The van der Waals surface area contributed by atoms with E-state index in [0.29, 0.717) is 0 Å². The zero-order valence-corrected chi connectivity index (χ0v) is 8.43. The minimum absolute atomic E-state index is 0.130. The molecule has 0 heterocycles. The largest absolute Gasteiger partial charge is 0.478 e. The highest BCUT2D eigenvalue weighted by Crippen LogP contribution is 2.04. The van der Waals surface area contributed by atoms with Gasteiger partial charge >= 0.3 is 13.0 Å². The first-order chi connectivity index (χ1) is 7.66. The standard InChI is InChI=1S/C11H9BFNO2/c1-14-8-7-10(11(15)16)12(13)9-5-3-2-4-6-9/h2-7H,8H2,(H,15,16). The summed E-state index contributed by atoms with van der Waals surface area (Å²) in [4.78, 5) is 13.8. The maximum atomic E-state index is 13.8. The molecule has 0 unspecified atom stereocenters. The number of carboxylic acid groups (broad SMARTS) is 1. The van der Waals surface area contributed by atoms with Gasteiger partial charge in [-0.05, 0) is 11.5 Å². The fraction of sp³-hybridized carbons (Fsp3) is 0.0909. The summed E-state index contributed by atoms with van der Waals surface area (Å²) in [5.41, 5.74) is -0.108. The third-order valence-electron chi connectivity index (χ3n) is 2.01. The Bertz CT molecular complexity index is 439. The lowest BCUT2D eigenvalue weighted by Crippen LogP contribution is -2.31. The van der Waals surface area contributed by atoms with Crippen LogP contribution in [0.4, 0.5) is 4.32 Å². The molecule has 16 heavy (non-hydrogen) atoms. The normalized spacial score (nSPS) is 10.6. The van der Waals surface area contributed by atoms with E-state index < -0.39 is 13.0 Å². The number of rotatable bonds is 4. The second-order valence-corrected chi connectivity index (χ2v) is 3.08. The molecule has 0 saturated heterocycles. The summed E-state index contributed by atoms with van der Waals surface area (Å²) >= 11 is 0. The van der Waals surface area contributed by atoms with Gasteiger partial charge in [-0.2, -0.15) is 0 Å². The Morgan fingerprint density at radius 1 is 1.50 bits per heavy atom. The minimum atomic E-state index is -1.69. The fourth-order valence-corrected chi connectivity index (χ4v) is 1.24. The van der Waals surface area contributed by atoms with Gasteiger partial charge in [-0.3, -0.25) is 0 Å². The molecule has 0 aliphatic heterocycles. The van der Waals surface area contributed by atoms with Crippen molar-refractivity contribution in [3.63, 3.8) is 0 Å². The van der Waals surface area contributed by atoms with Crippen molar-refractivity contribution in [1.82, 2.24) is 0 Å². The van der Waals surface area contributed by atoms with Crippen LogP contribution in [0.5, 0.6) is 0 Å². The predicted octanol–water partition coefficient (Wildman–Crippen LogP) is 1.32. The second kappa shape index (κ2) is 5.71. The molecule has 3 nitrogen and oxygen atoms in total. The quantitative estimate of drug-likeness (QED) is 0.469. The van der Waals surface area contributed by atoms with Gasteiger partial charge in [-0.25, -0.2) is 11.4 Å². The van der Waals surface area contributed by atoms with E-state index in [1.807, 2.05) is 0 Å². The van der Waals surface area contributed by atoms with Crippen LogP contribution in [0, 0.1) is 6.57 Å². The molecule has 1 aromatic carbocycles. The van der Waals surface area contributed by atoms with E-state index >= 15 is 0 Å². The van der Waals surface area contributed by atoms with Crippen LogP contribution in [-0.4, -0.2) is 24.6 Å². The molecule has 1 aromatic rings. The molecule has 0 atom stereocenters. The van der Waals surface area contributed by atoms with Crippen molar-refractivity contribution in [2.75, 3.05) is 6.54 Å². The molecule has 0 bridgehead atoms. The lowest BCUT2D eigenvalue weighted by molar-refractivity contribution is -0.132.